The maximum atomic E-state index is 13.4. The first-order valence-corrected chi connectivity index (χ1v) is 12.0. The fourth-order valence-electron chi connectivity index (χ4n) is 5.37. The number of ether oxygens (including phenoxy) is 2. The van der Waals surface area contributed by atoms with Gasteiger partial charge in [-0.25, -0.2) is 8.42 Å². The van der Waals surface area contributed by atoms with Gasteiger partial charge < -0.3 is 18.9 Å². The van der Waals surface area contributed by atoms with Crippen LogP contribution in [0.2, 0.25) is 0 Å². The number of methoxy groups -OCH3 is 2. The van der Waals surface area contributed by atoms with E-state index in [0.29, 0.717) is 24.2 Å². The molecule has 2 aromatic rings. The quantitative estimate of drug-likeness (QED) is 0.613. The van der Waals surface area contributed by atoms with Crippen LogP contribution in [0.4, 0.5) is 5.69 Å². The predicted molar refractivity (Wildman–Crippen MR) is 126 cm³/mol. The topological polar surface area (TPSA) is 108 Å². The summed E-state index contributed by atoms with van der Waals surface area (Å²) < 4.78 is 47.0. The van der Waals surface area contributed by atoms with Crippen molar-refractivity contribution >= 4 is 34.3 Å². The summed E-state index contributed by atoms with van der Waals surface area (Å²) in [5.74, 6) is 0.541. The van der Waals surface area contributed by atoms with E-state index in [4.69, 9.17) is 9.47 Å². The van der Waals surface area contributed by atoms with Crippen molar-refractivity contribution in [2.75, 3.05) is 19.1 Å². The highest BCUT2D eigenvalue weighted by atomic mass is 35.5. The Bertz CT molecular complexity index is 1100. The molecular formula is C23H28ClN2O6S-. The number of fused-ring (bicyclic) bond motifs is 2. The molecule has 2 bridgehead atoms. The highest BCUT2D eigenvalue weighted by Crippen LogP contribution is 2.49. The molecule has 2 unspecified atom stereocenters. The van der Waals surface area contributed by atoms with E-state index < -0.39 is 21.6 Å². The van der Waals surface area contributed by atoms with Gasteiger partial charge in [0, 0.05) is 12.1 Å². The van der Waals surface area contributed by atoms with Crippen LogP contribution in [0.25, 0.3) is 0 Å². The third-order valence-electron chi connectivity index (χ3n) is 6.67. The number of benzene rings is 2. The van der Waals surface area contributed by atoms with Crippen molar-refractivity contribution in [1.82, 2.24) is 4.72 Å². The van der Waals surface area contributed by atoms with Gasteiger partial charge in [0.2, 0.25) is 5.91 Å². The molecule has 33 heavy (non-hydrogen) atoms. The van der Waals surface area contributed by atoms with Crippen LogP contribution in [0.5, 0.6) is 11.5 Å². The number of piperidine rings is 2. The number of halogens is 1. The average molecular weight is 496 g/mol. The summed E-state index contributed by atoms with van der Waals surface area (Å²) in [7, 11) is -1.78. The summed E-state index contributed by atoms with van der Waals surface area (Å²) in [5, 5.41) is 0. The molecule has 2 aromatic carbocycles. The van der Waals surface area contributed by atoms with E-state index in [0.717, 1.165) is 30.7 Å². The number of rotatable bonds is 6. The van der Waals surface area contributed by atoms with Crippen molar-refractivity contribution in [3.63, 3.8) is 0 Å². The SMILES string of the molecule is COc1cccc(C2(C(=O)NS(=O)(=O)[O-])CC3CCCC(C2)N3c2ccccc2OC)c1.Cl. The van der Waals surface area contributed by atoms with Gasteiger partial charge in [0.25, 0.3) is 0 Å². The van der Waals surface area contributed by atoms with Crippen LogP contribution in [0.15, 0.2) is 48.5 Å². The highest BCUT2D eigenvalue weighted by molar-refractivity contribution is 7.84. The number of anilines is 1. The Balaban J connectivity index is 0.00000306. The zero-order valence-corrected chi connectivity index (χ0v) is 20.2. The first-order chi connectivity index (χ1) is 15.3. The second-order valence-electron chi connectivity index (χ2n) is 8.43. The molecule has 10 heteroatoms. The van der Waals surface area contributed by atoms with E-state index in [2.05, 4.69) is 4.90 Å². The highest BCUT2D eigenvalue weighted by Gasteiger charge is 2.52. The molecule has 2 saturated heterocycles. The molecule has 0 radical (unpaired) electrons. The minimum atomic E-state index is -4.95. The van der Waals surface area contributed by atoms with Crippen molar-refractivity contribution in [1.29, 1.82) is 0 Å². The summed E-state index contributed by atoms with van der Waals surface area (Å²) >= 11 is 0. The van der Waals surface area contributed by atoms with Crippen LogP contribution in [0, 0.1) is 0 Å². The summed E-state index contributed by atoms with van der Waals surface area (Å²) in [4.78, 5) is 15.7. The minimum absolute atomic E-state index is 0. The number of hydrogen-bond acceptors (Lipinski definition) is 7. The Labute approximate surface area is 200 Å². The van der Waals surface area contributed by atoms with E-state index in [-0.39, 0.29) is 24.5 Å². The van der Waals surface area contributed by atoms with Gasteiger partial charge in [0.1, 0.15) is 11.5 Å². The number of carbonyl (C=O) groups is 1. The summed E-state index contributed by atoms with van der Waals surface area (Å²) in [6, 6.07) is 14.8. The molecule has 8 nitrogen and oxygen atoms in total. The molecule has 0 spiro atoms. The van der Waals surface area contributed by atoms with Crippen molar-refractivity contribution in [3.05, 3.63) is 54.1 Å². The van der Waals surface area contributed by atoms with Gasteiger partial charge in [0.05, 0.1) is 25.3 Å². The Hall–Kier alpha value is -2.49. The minimum Gasteiger partial charge on any atom is -0.731 e. The Morgan fingerprint density at radius 1 is 1.06 bits per heavy atom. The van der Waals surface area contributed by atoms with Crippen LogP contribution in [-0.4, -0.2) is 45.2 Å². The van der Waals surface area contributed by atoms with Crippen LogP contribution >= 0.6 is 12.4 Å². The van der Waals surface area contributed by atoms with Crippen LogP contribution in [0.3, 0.4) is 0 Å². The van der Waals surface area contributed by atoms with Crippen molar-refractivity contribution < 1.29 is 27.2 Å². The van der Waals surface area contributed by atoms with E-state index in [9.17, 15) is 17.8 Å². The Morgan fingerprint density at radius 2 is 1.73 bits per heavy atom. The molecule has 0 saturated carbocycles. The molecular weight excluding hydrogens is 468 g/mol. The Morgan fingerprint density at radius 3 is 2.33 bits per heavy atom. The van der Waals surface area contributed by atoms with Crippen molar-refractivity contribution in [3.8, 4) is 11.5 Å². The maximum absolute atomic E-state index is 13.4. The van der Waals surface area contributed by atoms with Gasteiger partial charge in [-0.15, -0.1) is 12.4 Å². The molecule has 0 aliphatic carbocycles. The monoisotopic (exact) mass is 495 g/mol. The zero-order valence-electron chi connectivity index (χ0n) is 18.5. The van der Waals surface area contributed by atoms with Crippen molar-refractivity contribution in [2.24, 2.45) is 0 Å². The van der Waals surface area contributed by atoms with Gasteiger partial charge in [-0.05, 0) is 61.9 Å². The molecule has 2 fully saturated rings. The van der Waals surface area contributed by atoms with Crippen LogP contribution < -0.4 is 19.1 Å². The third kappa shape index (κ3) is 4.90. The Kier molecular flexibility index (Phi) is 7.45. The lowest BCUT2D eigenvalue weighted by molar-refractivity contribution is -0.127. The second-order valence-corrected chi connectivity index (χ2v) is 9.54. The number of nitrogens with zero attached hydrogens (tertiary/aromatic N) is 1. The molecule has 2 aliphatic rings. The number of para-hydroxylation sites is 2. The standard InChI is InChI=1S/C23H28N2O6S.ClH/c1-30-19-10-5-7-16(13-19)23(22(26)24-32(27,28)29)14-17-8-6-9-18(15-23)25(17)20-11-3-4-12-21(20)31-2;/h3-5,7,10-13,17-18H,6,8-9,14-15H2,1-2H3,(H,24,26)(H,27,28,29);1H/p-1. The first kappa shape index (κ1) is 25.1. The third-order valence-corrected chi connectivity index (χ3v) is 7.10. The molecule has 2 aliphatic heterocycles. The second kappa shape index (κ2) is 9.79. The number of carbonyl (C=O) groups excluding carboxylic acids is 1. The van der Waals surface area contributed by atoms with Gasteiger partial charge in [-0.2, -0.15) is 0 Å². The number of hydrogen-bond donors (Lipinski definition) is 1. The smallest absolute Gasteiger partial charge is 0.243 e. The largest absolute Gasteiger partial charge is 0.731 e. The van der Waals surface area contributed by atoms with Crippen molar-refractivity contribution in [2.45, 2.75) is 49.6 Å². The molecule has 0 aromatic heterocycles. The predicted octanol–water partition coefficient (Wildman–Crippen LogP) is 3.16. The summed E-state index contributed by atoms with van der Waals surface area (Å²) in [5.41, 5.74) is 0.440. The fourth-order valence-corrected chi connectivity index (χ4v) is 5.80. The van der Waals surface area contributed by atoms with E-state index in [1.165, 1.54) is 7.11 Å². The molecule has 180 valence electrons. The van der Waals surface area contributed by atoms with Crippen LogP contribution in [0.1, 0.15) is 37.7 Å². The van der Waals surface area contributed by atoms with Gasteiger partial charge in [0.15, 0.2) is 10.3 Å². The average Bonchev–Trinajstić information content (AvgIpc) is 2.77. The van der Waals surface area contributed by atoms with Gasteiger partial charge in [-0.3, -0.25) is 9.52 Å². The zero-order chi connectivity index (χ0) is 22.9. The molecule has 1 amide bonds. The molecule has 1 N–H and O–H groups in total. The summed E-state index contributed by atoms with van der Waals surface area (Å²) in [6.45, 7) is 0. The normalized spacial score (nSPS) is 24.4. The number of nitrogens with one attached hydrogen (secondary N) is 1. The fraction of sp³-hybridized carbons (Fsp3) is 0.435. The molecule has 2 heterocycles. The van der Waals surface area contributed by atoms with E-state index >= 15 is 0 Å². The van der Waals surface area contributed by atoms with Gasteiger partial charge in [-0.1, -0.05) is 24.3 Å². The maximum Gasteiger partial charge on any atom is 0.243 e. The summed E-state index contributed by atoms with van der Waals surface area (Å²) in [6.07, 6.45) is 3.44. The molecule has 4 rings (SSSR count). The number of amides is 1. The lowest BCUT2D eigenvalue weighted by Gasteiger charge is -2.54. The lowest BCUT2D eigenvalue weighted by Crippen LogP contribution is -2.61. The van der Waals surface area contributed by atoms with E-state index in [1.807, 2.05) is 24.3 Å². The van der Waals surface area contributed by atoms with Gasteiger partial charge >= 0.3 is 0 Å². The lowest BCUT2D eigenvalue weighted by atomic mass is 9.64. The molecule has 2 atom stereocenters. The first-order valence-electron chi connectivity index (χ1n) is 10.6. The van der Waals surface area contributed by atoms with E-state index in [1.54, 1.807) is 36.1 Å². The van der Waals surface area contributed by atoms with Crippen LogP contribution in [-0.2, 0) is 20.5 Å².